The lowest BCUT2D eigenvalue weighted by atomic mass is 10.0. The number of carboxylic acid groups (broad SMARTS) is 1. The fraction of sp³-hybridized carbons (Fsp3) is 0.267. The monoisotopic (exact) mass is 270 g/mol. The van der Waals surface area contributed by atoms with E-state index in [0.29, 0.717) is 23.0 Å². The standard InChI is InChI=1S/C15H14N2O3/c1-8(2)17-7-10-12(15(19)20)9-5-3-4-6-11(9)16-13(10)14(17)18/h3-6,8H,7H2,1-2H3,(H,19,20). The fourth-order valence-corrected chi connectivity index (χ4v) is 2.62. The third-order valence-corrected chi connectivity index (χ3v) is 3.62. The number of carboxylic acids is 1. The molecule has 0 fully saturated rings. The Bertz CT molecular complexity index is 737. The molecule has 2 aromatic rings. The van der Waals surface area contributed by atoms with E-state index in [-0.39, 0.29) is 23.2 Å². The Labute approximate surface area is 115 Å². The normalized spacial score (nSPS) is 14.2. The number of carbonyl (C=O) groups excluding carboxylic acids is 1. The number of pyridine rings is 1. The summed E-state index contributed by atoms with van der Waals surface area (Å²) in [7, 11) is 0. The number of aromatic nitrogens is 1. The molecule has 3 rings (SSSR count). The summed E-state index contributed by atoms with van der Waals surface area (Å²) in [4.78, 5) is 29.9. The maximum absolute atomic E-state index is 12.3. The number of hydrogen-bond donors (Lipinski definition) is 1. The van der Waals surface area contributed by atoms with Crippen LogP contribution in [0.4, 0.5) is 0 Å². The largest absolute Gasteiger partial charge is 0.478 e. The lowest BCUT2D eigenvalue weighted by Gasteiger charge is -2.19. The van der Waals surface area contributed by atoms with Gasteiger partial charge in [0.25, 0.3) is 5.91 Å². The van der Waals surface area contributed by atoms with E-state index in [2.05, 4.69) is 4.98 Å². The topological polar surface area (TPSA) is 70.5 Å². The second-order valence-corrected chi connectivity index (χ2v) is 5.16. The second kappa shape index (κ2) is 4.30. The number of fused-ring (bicyclic) bond motifs is 2. The van der Waals surface area contributed by atoms with Gasteiger partial charge in [0.15, 0.2) is 0 Å². The highest BCUT2D eigenvalue weighted by molar-refractivity contribution is 6.09. The van der Waals surface area contributed by atoms with Crippen molar-refractivity contribution in [2.75, 3.05) is 0 Å². The summed E-state index contributed by atoms with van der Waals surface area (Å²) in [6, 6.07) is 7.04. The quantitative estimate of drug-likeness (QED) is 0.909. The molecular formula is C15H14N2O3. The van der Waals surface area contributed by atoms with Crippen LogP contribution in [0.25, 0.3) is 10.9 Å². The van der Waals surface area contributed by atoms with Crippen molar-refractivity contribution < 1.29 is 14.7 Å². The molecule has 0 aliphatic carbocycles. The van der Waals surface area contributed by atoms with E-state index in [1.54, 1.807) is 29.2 Å². The molecular weight excluding hydrogens is 256 g/mol. The van der Waals surface area contributed by atoms with Crippen molar-refractivity contribution in [1.82, 2.24) is 9.88 Å². The molecule has 1 amide bonds. The van der Waals surface area contributed by atoms with E-state index in [1.165, 1.54) is 0 Å². The zero-order valence-electron chi connectivity index (χ0n) is 11.3. The van der Waals surface area contributed by atoms with Crippen molar-refractivity contribution in [3.8, 4) is 0 Å². The molecule has 1 aromatic heterocycles. The van der Waals surface area contributed by atoms with Crippen LogP contribution in [0, 0.1) is 0 Å². The Morgan fingerprint density at radius 2 is 2.05 bits per heavy atom. The first-order valence-electron chi connectivity index (χ1n) is 6.46. The Morgan fingerprint density at radius 3 is 2.70 bits per heavy atom. The summed E-state index contributed by atoms with van der Waals surface area (Å²) in [5.41, 5.74) is 1.54. The van der Waals surface area contributed by atoms with Crippen molar-refractivity contribution in [3.63, 3.8) is 0 Å². The Hall–Kier alpha value is -2.43. The maximum atomic E-state index is 12.3. The summed E-state index contributed by atoms with van der Waals surface area (Å²) in [6.07, 6.45) is 0. The number of rotatable bonds is 2. The molecule has 1 aromatic carbocycles. The summed E-state index contributed by atoms with van der Waals surface area (Å²) < 4.78 is 0. The van der Waals surface area contributed by atoms with Crippen LogP contribution >= 0.6 is 0 Å². The van der Waals surface area contributed by atoms with Gasteiger partial charge in [0.05, 0.1) is 11.1 Å². The zero-order chi connectivity index (χ0) is 14.4. The van der Waals surface area contributed by atoms with E-state index in [9.17, 15) is 14.7 Å². The molecule has 0 saturated heterocycles. The molecule has 20 heavy (non-hydrogen) atoms. The maximum Gasteiger partial charge on any atom is 0.336 e. The average Bonchev–Trinajstić information content (AvgIpc) is 2.73. The first-order valence-corrected chi connectivity index (χ1v) is 6.46. The molecule has 0 unspecified atom stereocenters. The highest BCUT2D eigenvalue weighted by Gasteiger charge is 2.35. The molecule has 102 valence electrons. The van der Waals surface area contributed by atoms with E-state index in [4.69, 9.17) is 0 Å². The third-order valence-electron chi connectivity index (χ3n) is 3.62. The van der Waals surface area contributed by atoms with Crippen molar-refractivity contribution in [1.29, 1.82) is 0 Å². The lowest BCUT2D eigenvalue weighted by Crippen LogP contribution is -2.31. The fourth-order valence-electron chi connectivity index (χ4n) is 2.62. The number of carbonyl (C=O) groups is 2. The minimum absolute atomic E-state index is 0.0152. The average molecular weight is 270 g/mol. The molecule has 0 bridgehead atoms. The van der Waals surface area contributed by atoms with Crippen LogP contribution in [-0.4, -0.2) is 32.9 Å². The zero-order valence-corrected chi connectivity index (χ0v) is 11.3. The molecule has 0 radical (unpaired) electrons. The van der Waals surface area contributed by atoms with Gasteiger partial charge in [0, 0.05) is 23.5 Å². The SMILES string of the molecule is CC(C)N1Cc2c(nc3ccccc3c2C(=O)O)C1=O. The predicted molar refractivity (Wildman–Crippen MR) is 73.7 cm³/mol. The second-order valence-electron chi connectivity index (χ2n) is 5.16. The van der Waals surface area contributed by atoms with Crippen LogP contribution in [0.2, 0.25) is 0 Å². The predicted octanol–water partition coefficient (Wildman–Crippen LogP) is 2.30. The van der Waals surface area contributed by atoms with Gasteiger partial charge in [-0.25, -0.2) is 9.78 Å². The lowest BCUT2D eigenvalue weighted by molar-refractivity contribution is 0.0688. The molecule has 1 N–H and O–H groups in total. The van der Waals surface area contributed by atoms with Gasteiger partial charge in [-0.15, -0.1) is 0 Å². The highest BCUT2D eigenvalue weighted by atomic mass is 16.4. The molecule has 5 nitrogen and oxygen atoms in total. The van der Waals surface area contributed by atoms with Crippen molar-refractivity contribution in [3.05, 3.63) is 41.1 Å². The van der Waals surface area contributed by atoms with E-state index >= 15 is 0 Å². The van der Waals surface area contributed by atoms with Crippen molar-refractivity contribution >= 4 is 22.8 Å². The number of aromatic carboxylic acids is 1. The molecule has 0 atom stereocenters. The van der Waals surface area contributed by atoms with E-state index in [0.717, 1.165) is 0 Å². The Kier molecular flexibility index (Phi) is 2.71. The van der Waals surface area contributed by atoms with Gasteiger partial charge in [0.2, 0.25) is 0 Å². The molecule has 1 aliphatic heterocycles. The number of hydrogen-bond acceptors (Lipinski definition) is 3. The van der Waals surface area contributed by atoms with Crippen LogP contribution in [0.1, 0.15) is 40.3 Å². The molecule has 0 saturated carbocycles. The number of benzene rings is 1. The highest BCUT2D eigenvalue weighted by Crippen LogP contribution is 2.31. The molecule has 0 spiro atoms. The minimum Gasteiger partial charge on any atom is -0.478 e. The van der Waals surface area contributed by atoms with Gasteiger partial charge in [-0.2, -0.15) is 0 Å². The number of nitrogens with zero attached hydrogens (tertiary/aromatic N) is 2. The van der Waals surface area contributed by atoms with Crippen LogP contribution in [0.3, 0.4) is 0 Å². The summed E-state index contributed by atoms with van der Waals surface area (Å²) in [5, 5.41) is 10.1. The van der Waals surface area contributed by atoms with Gasteiger partial charge in [0.1, 0.15) is 5.69 Å². The Morgan fingerprint density at radius 1 is 1.35 bits per heavy atom. The van der Waals surface area contributed by atoms with Gasteiger partial charge in [-0.3, -0.25) is 4.79 Å². The summed E-state index contributed by atoms with van der Waals surface area (Å²) in [6.45, 7) is 4.12. The molecule has 1 aliphatic rings. The van der Waals surface area contributed by atoms with Crippen molar-refractivity contribution in [2.24, 2.45) is 0 Å². The molecule has 2 heterocycles. The van der Waals surface area contributed by atoms with Gasteiger partial charge in [-0.05, 0) is 19.9 Å². The minimum atomic E-state index is -1.02. The van der Waals surface area contributed by atoms with Gasteiger partial charge < -0.3 is 10.0 Å². The first-order chi connectivity index (χ1) is 9.50. The van der Waals surface area contributed by atoms with E-state index < -0.39 is 5.97 Å². The van der Waals surface area contributed by atoms with Crippen LogP contribution in [-0.2, 0) is 6.54 Å². The first kappa shape index (κ1) is 12.6. The van der Waals surface area contributed by atoms with Crippen molar-refractivity contribution in [2.45, 2.75) is 26.4 Å². The van der Waals surface area contributed by atoms with Gasteiger partial charge in [-0.1, -0.05) is 18.2 Å². The summed E-state index contributed by atoms with van der Waals surface area (Å²) in [5.74, 6) is -1.21. The number of para-hydroxylation sites is 1. The Balaban J connectivity index is 2.33. The van der Waals surface area contributed by atoms with Gasteiger partial charge >= 0.3 is 5.97 Å². The summed E-state index contributed by atoms with van der Waals surface area (Å²) >= 11 is 0. The third kappa shape index (κ3) is 1.66. The molecule has 5 heteroatoms. The van der Waals surface area contributed by atoms with Crippen LogP contribution in [0.15, 0.2) is 24.3 Å². The number of amides is 1. The smallest absolute Gasteiger partial charge is 0.336 e. The van der Waals surface area contributed by atoms with E-state index in [1.807, 2.05) is 13.8 Å². The van der Waals surface area contributed by atoms with Crippen LogP contribution < -0.4 is 0 Å². The van der Waals surface area contributed by atoms with Crippen LogP contribution in [0.5, 0.6) is 0 Å².